The van der Waals surface area contributed by atoms with E-state index in [1.807, 2.05) is 0 Å². The number of halogens is 1. The zero-order valence-electron chi connectivity index (χ0n) is 15.5. The molecule has 0 bridgehead atoms. The molecule has 2 heterocycles. The summed E-state index contributed by atoms with van der Waals surface area (Å²) in [5.74, 6) is 0.514. The number of aliphatic hydroxyl groups is 1. The van der Waals surface area contributed by atoms with Crippen LogP contribution in [0.1, 0.15) is 17.5 Å². The Morgan fingerprint density at radius 1 is 1.26 bits per heavy atom. The molecule has 1 atom stereocenters. The molecule has 0 spiro atoms. The Morgan fingerprint density at radius 3 is 2.70 bits per heavy atom. The second kappa shape index (κ2) is 9.07. The first-order chi connectivity index (χ1) is 13.1. The highest BCUT2D eigenvalue weighted by molar-refractivity contribution is 5.29. The fourth-order valence-corrected chi connectivity index (χ4v) is 3.44. The van der Waals surface area contributed by atoms with Crippen molar-refractivity contribution in [1.82, 2.24) is 19.8 Å². The standard InChI is InChI=1S/C19H26FN5O2/c1-27-17-3-2-15(18(20)8-17)12-25-6-5-24(13-16(25)4-7-26)11-14-9-22-19(21)23-10-14/h2-3,8-10,16,26H,4-7,11-13H2,1H3,(H2,21,22,23)/t16-/m1/s1. The van der Waals surface area contributed by atoms with Gasteiger partial charge >= 0.3 is 0 Å². The fourth-order valence-electron chi connectivity index (χ4n) is 3.44. The normalized spacial score (nSPS) is 18.6. The Bertz CT molecular complexity index is 743. The minimum Gasteiger partial charge on any atom is -0.497 e. The summed E-state index contributed by atoms with van der Waals surface area (Å²) in [6.45, 7) is 3.79. The lowest BCUT2D eigenvalue weighted by Gasteiger charge is -2.41. The molecule has 1 aromatic carbocycles. The van der Waals surface area contributed by atoms with E-state index in [4.69, 9.17) is 10.5 Å². The number of ether oxygens (including phenoxy) is 1. The predicted molar refractivity (Wildman–Crippen MR) is 101 cm³/mol. The van der Waals surface area contributed by atoms with Gasteiger partial charge in [-0.2, -0.15) is 0 Å². The van der Waals surface area contributed by atoms with Crippen molar-refractivity contribution >= 4 is 5.95 Å². The molecule has 1 saturated heterocycles. The van der Waals surface area contributed by atoms with E-state index in [1.165, 1.54) is 13.2 Å². The van der Waals surface area contributed by atoms with E-state index in [2.05, 4.69) is 19.8 Å². The molecule has 3 N–H and O–H groups in total. The lowest BCUT2D eigenvalue weighted by atomic mass is 10.1. The number of rotatable bonds is 7. The second-order valence-electron chi connectivity index (χ2n) is 6.78. The first-order valence-corrected chi connectivity index (χ1v) is 9.05. The summed E-state index contributed by atoms with van der Waals surface area (Å²) in [7, 11) is 1.52. The van der Waals surface area contributed by atoms with Crippen LogP contribution >= 0.6 is 0 Å². The van der Waals surface area contributed by atoms with Crippen LogP contribution in [0.3, 0.4) is 0 Å². The molecule has 0 unspecified atom stereocenters. The lowest BCUT2D eigenvalue weighted by Crippen LogP contribution is -2.52. The summed E-state index contributed by atoms with van der Waals surface area (Å²) in [5.41, 5.74) is 7.17. The zero-order chi connectivity index (χ0) is 19.2. The molecule has 0 saturated carbocycles. The van der Waals surface area contributed by atoms with Gasteiger partial charge in [-0.05, 0) is 12.5 Å². The summed E-state index contributed by atoms with van der Waals surface area (Å²) in [5, 5.41) is 9.46. The number of methoxy groups -OCH3 is 1. The van der Waals surface area contributed by atoms with Crippen LogP contribution in [-0.4, -0.2) is 64.3 Å². The number of hydrogen-bond acceptors (Lipinski definition) is 7. The summed E-state index contributed by atoms with van der Waals surface area (Å²) >= 11 is 0. The molecular weight excluding hydrogens is 349 g/mol. The van der Waals surface area contributed by atoms with E-state index in [-0.39, 0.29) is 24.4 Å². The molecule has 0 amide bonds. The molecule has 2 aromatic rings. The zero-order valence-corrected chi connectivity index (χ0v) is 15.5. The summed E-state index contributed by atoms with van der Waals surface area (Å²) < 4.78 is 19.4. The van der Waals surface area contributed by atoms with E-state index >= 15 is 0 Å². The van der Waals surface area contributed by atoms with Crippen molar-refractivity contribution in [3.63, 3.8) is 0 Å². The Morgan fingerprint density at radius 2 is 2.04 bits per heavy atom. The molecule has 3 rings (SSSR count). The van der Waals surface area contributed by atoms with Crippen molar-refractivity contribution in [2.24, 2.45) is 0 Å². The smallest absolute Gasteiger partial charge is 0.219 e. The van der Waals surface area contributed by atoms with Gasteiger partial charge in [0.2, 0.25) is 5.95 Å². The van der Waals surface area contributed by atoms with E-state index in [0.29, 0.717) is 24.3 Å². The molecule has 0 radical (unpaired) electrons. The Balaban J connectivity index is 1.64. The SMILES string of the molecule is COc1ccc(CN2CCN(Cc3cnc(N)nc3)C[C@H]2CCO)c(F)c1. The largest absolute Gasteiger partial charge is 0.497 e. The number of anilines is 1. The van der Waals surface area contributed by atoms with Gasteiger partial charge in [0.15, 0.2) is 0 Å². The number of benzene rings is 1. The average Bonchev–Trinajstić information content (AvgIpc) is 2.67. The molecule has 8 heteroatoms. The highest BCUT2D eigenvalue weighted by Gasteiger charge is 2.27. The van der Waals surface area contributed by atoms with Crippen LogP contribution < -0.4 is 10.5 Å². The van der Waals surface area contributed by atoms with Gasteiger partial charge in [-0.25, -0.2) is 14.4 Å². The maximum absolute atomic E-state index is 14.3. The maximum atomic E-state index is 14.3. The minimum atomic E-state index is -0.265. The van der Waals surface area contributed by atoms with Crippen molar-refractivity contribution in [3.05, 3.63) is 47.5 Å². The maximum Gasteiger partial charge on any atom is 0.219 e. The fraction of sp³-hybridized carbons (Fsp3) is 0.474. The third-order valence-corrected chi connectivity index (χ3v) is 4.92. The third-order valence-electron chi connectivity index (χ3n) is 4.92. The molecule has 146 valence electrons. The van der Waals surface area contributed by atoms with Crippen molar-refractivity contribution in [3.8, 4) is 5.75 Å². The summed E-state index contributed by atoms with van der Waals surface area (Å²) in [6, 6.07) is 5.10. The molecule has 1 aliphatic rings. The lowest BCUT2D eigenvalue weighted by molar-refractivity contribution is 0.0492. The molecular formula is C19H26FN5O2. The van der Waals surface area contributed by atoms with E-state index < -0.39 is 0 Å². The van der Waals surface area contributed by atoms with Crippen molar-refractivity contribution < 1.29 is 14.2 Å². The Hall–Kier alpha value is -2.29. The molecule has 7 nitrogen and oxygen atoms in total. The minimum absolute atomic E-state index is 0.102. The number of nitrogens with two attached hydrogens (primary N) is 1. The van der Waals surface area contributed by atoms with Crippen molar-refractivity contribution in [2.75, 3.05) is 39.1 Å². The van der Waals surface area contributed by atoms with Gasteiger partial charge in [0.05, 0.1) is 7.11 Å². The number of aliphatic hydroxyl groups excluding tert-OH is 1. The van der Waals surface area contributed by atoms with Gasteiger partial charge in [-0.1, -0.05) is 6.07 Å². The molecule has 1 fully saturated rings. The van der Waals surface area contributed by atoms with Crippen LogP contribution in [0.25, 0.3) is 0 Å². The number of aromatic nitrogens is 2. The van der Waals surface area contributed by atoms with Gasteiger partial charge in [-0.15, -0.1) is 0 Å². The van der Waals surface area contributed by atoms with E-state index in [9.17, 15) is 9.50 Å². The Kier molecular flexibility index (Phi) is 6.54. The van der Waals surface area contributed by atoms with Crippen LogP contribution in [0.5, 0.6) is 5.75 Å². The highest BCUT2D eigenvalue weighted by atomic mass is 19.1. The van der Waals surface area contributed by atoms with Crippen molar-refractivity contribution in [1.29, 1.82) is 0 Å². The first kappa shape index (κ1) is 19.5. The number of nitrogen functional groups attached to an aromatic ring is 1. The molecule has 1 aliphatic heterocycles. The number of piperazine rings is 1. The highest BCUT2D eigenvalue weighted by Crippen LogP contribution is 2.22. The van der Waals surface area contributed by atoms with E-state index in [0.717, 1.165) is 31.7 Å². The molecule has 0 aliphatic carbocycles. The second-order valence-corrected chi connectivity index (χ2v) is 6.78. The van der Waals surface area contributed by atoms with Crippen LogP contribution in [0.15, 0.2) is 30.6 Å². The van der Waals surface area contributed by atoms with Crippen molar-refractivity contribution in [2.45, 2.75) is 25.6 Å². The number of hydrogen-bond donors (Lipinski definition) is 2. The monoisotopic (exact) mass is 375 g/mol. The van der Waals surface area contributed by atoms with Gasteiger partial charge < -0.3 is 15.6 Å². The van der Waals surface area contributed by atoms with Crippen LogP contribution in [0.2, 0.25) is 0 Å². The Labute approximate surface area is 158 Å². The van der Waals surface area contributed by atoms with Crippen LogP contribution in [-0.2, 0) is 13.1 Å². The van der Waals surface area contributed by atoms with Gasteiger partial charge in [0.25, 0.3) is 0 Å². The topological polar surface area (TPSA) is 87.7 Å². The first-order valence-electron chi connectivity index (χ1n) is 9.05. The third kappa shape index (κ3) is 5.12. The van der Waals surface area contributed by atoms with E-state index in [1.54, 1.807) is 24.5 Å². The van der Waals surface area contributed by atoms with Gasteiger partial charge in [-0.3, -0.25) is 9.80 Å². The van der Waals surface area contributed by atoms with Crippen LogP contribution in [0, 0.1) is 5.82 Å². The van der Waals surface area contributed by atoms with Crippen LogP contribution in [0.4, 0.5) is 10.3 Å². The van der Waals surface area contributed by atoms with Gasteiger partial charge in [0, 0.05) is 75.0 Å². The quantitative estimate of drug-likeness (QED) is 0.754. The van der Waals surface area contributed by atoms with Gasteiger partial charge in [0.1, 0.15) is 11.6 Å². The molecule has 27 heavy (non-hydrogen) atoms. The summed E-state index contributed by atoms with van der Waals surface area (Å²) in [4.78, 5) is 12.6. The summed E-state index contributed by atoms with van der Waals surface area (Å²) in [6.07, 6.45) is 4.12. The average molecular weight is 375 g/mol. The molecule has 1 aromatic heterocycles. The predicted octanol–water partition coefficient (Wildman–Crippen LogP) is 1.28. The number of nitrogens with zero attached hydrogens (tertiary/aromatic N) is 4.